The van der Waals surface area contributed by atoms with E-state index in [9.17, 15) is 19.2 Å². The summed E-state index contributed by atoms with van der Waals surface area (Å²) >= 11 is 0. The molecule has 0 radical (unpaired) electrons. The van der Waals surface area contributed by atoms with Gasteiger partial charge in [-0.05, 0) is 19.8 Å². The molecule has 7 nitrogen and oxygen atoms in total. The van der Waals surface area contributed by atoms with E-state index in [-0.39, 0.29) is 18.2 Å². The first kappa shape index (κ1) is 15.9. The van der Waals surface area contributed by atoms with Crippen LogP contribution in [0.2, 0.25) is 0 Å². The number of carboxylic acids is 2. The molecular weight excluding hydrogens is 266 g/mol. The number of carbonyl (C=O) groups is 4. The van der Waals surface area contributed by atoms with Crippen molar-refractivity contribution >= 4 is 23.6 Å². The normalized spacial score (nSPS) is 17.2. The lowest BCUT2D eigenvalue weighted by Crippen LogP contribution is -2.35. The van der Waals surface area contributed by atoms with E-state index < -0.39 is 23.8 Å². The lowest BCUT2D eigenvalue weighted by atomic mass is 10.1. The molecule has 1 atom stereocenters. The molecule has 110 valence electrons. The number of carboxylic acid groups (broad SMARTS) is 2. The van der Waals surface area contributed by atoms with Gasteiger partial charge in [0.15, 0.2) is 5.92 Å². The smallest absolute Gasteiger partial charge is 0.321 e. The predicted molar refractivity (Wildman–Crippen MR) is 67.9 cm³/mol. The van der Waals surface area contributed by atoms with Gasteiger partial charge in [-0.15, -0.1) is 0 Å². The summed E-state index contributed by atoms with van der Waals surface area (Å²) in [4.78, 5) is 45.3. The number of nitrogens with zero attached hydrogens (tertiary/aromatic N) is 1. The van der Waals surface area contributed by atoms with Crippen molar-refractivity contribution in [2.24, 2.45) is 5.92 Å². The summed E-state index contributed by atoms with van der Waals surface area (Å²) in [7, 11) is 0. The Kier molecular flexibility index (Phi) is 5.42. The van der Waals surface area contributed by atoms with Crippen molar-refractivity contribution in [2.45, 2.75) is 32.2 Å². The quantitative estimate of drug-likeness (QED) is 0.395. The summed E-state index contributed by atoms with van der Waals surface area (Å²) in [6, 6.07) is -0.133. The second-order valence-corrected chi connectivity index (χ2v) is 4.68. The maximum Gasteiger partial charge on any atom is 0.321 e. The zero-order valence-electron chi connectivity index (χ0n) is 11.1. The molecule has 1 amide bonds. The van der Waals surface area contributed by atoms with Crippen LogP contribution in [-0.2, 0) is 19.2 Å². The number of allylic oxidation sites excluding steroid dienone is 1. The van der Waals surface area contributed by atoms with Gasteiger partial charge >= 0.3 is 11.9 Å². The number of carbonyl (C=O) groups excluding carboxylic acids is 2. The molecule has 0 aromatic rings. The van der Waals surface area contributed by atoms with Crippen LogP contribution in [0.15, 0.2) is 12.2 Å². The average molecular weight is 283 g/mol. The molecule has 1 aliphatic heterocycles. The SMILES string of the molecule is CC(CCC=CC(C(=O)O)C(=O)O)N1CCC(=O)C1=O. The highest BCUT2D eigenvalue weighted by molar-refractivity contribution is 6.37. The van der Waals surface area contributed by atoms with Crippen molar-refractivity contribution in [3.8, 4) is 0 Å². The van der Waals surface area contributed by atoms with Gasteiger partial charge in [0.05, 0.1) is 0 Å². The number of ketones is 1. The van der Waals surface area contributed by atoms with E-state index in [2.05, 4.69) is 0 Å². The van der Waals surface area contributed by atoms with Crippen molar-refractivity contribution in [3.63, 3.8) is 0 Å². The summed E-state index contributed by atoms with van der Waals surface area (Å²) in [6.07, 6.45) is 3.82. The van der Waals surface area contributed by atoms with Gasteiger partial charge in [0.1, 0.15) is 0 Å². The fourth-order valence-electron chi connectivity index (χ4n) is 2.01. The van der Waals surface area contributed by atoms with Crippen LogP contribution in [0.1, 0.15) is 26.2 Å². The lowest BCUT2D eigenvalue weighted by Gasteiger charge is -2.22. The summed E-state index contributed by atoms with van der Waals surface area (Å²) in [5.41, 5.74) is 0. The molecule has 2 N–H and O–H groups in total. The Morgan fingerprint density at radius 1 is 1.30 bits per heavy atom. The molecule has 1 aliphatic rings. The molecule has 0 bridgehead atoms. The van der Waals surface area contributed by atoms with Crippen LogP contribution >= 0.6 is 0 Å². The molecule has 0 aromatic carbocycles. The predicted octanol–water partition coefficient (Wildman–Crippen LogP) is 0.298. The van der Waals surface area contributed by atoms with E-state index in [4.69, 9.17) is 10.2 Å². The molecule has 0 aromatic heterocycles. The standard InChI is InChI=1S/C13H17NO6/c1-8(14-7-6-10(15)11(14)16)4-2-3-5-9(12(17)18)13(19)20/h3,5,8-9H,2,4,6-7H2,1H3,(H,17,18)(H,19,20). The topological polar surface area (TPSA) is 112 Å². The zero-order valence-corrected chi connectivity index (χ0v) is 11.1. The van der Waals surface area contributed by atoms with Crippen molar-refractivity contribution < 1.29 is 29.4 Å². The summed E-state index contributed by atoms with van der Waals surface area (Å²) in [5, 5.41) is 17.3. The minimum Gasteiger partial charge on any atom is -0.480 e. The van der Waals surface area contributed by atoms with Crippen molar-refractivity contribution in [1.29, 1.82) is 0 Å². The molecular formula is C13H17NO6. The van der Waals surface area contributed by atoms with E-state index in [0.717, 1.165) is 6.08 Å². The van der Waals surface area contributed by atoms with Crippen molar-refractivity contribution in [3.05, 3.63) is 12.2 Å². The van der Waals surface area contributed by atoms with Crippen molar-refractivity contribution in [1.82, 2.24) is 4.90 Å². The van der Waals surface area contributed by atoms with Gasteiger partial charge in [0, 0.05) is 19.0 Å². The van der Waals surface area contributed by atoms with Crippen LogP contribution in [0.5, 0.6) is 0 Å². The number of hydrogen-bond acceptors (Lipinski definition) is 4. The molecule has 0 saturated carbocycles. The van der Waals surface area contributed by atoms with Gasteiger partial charge in [-0.25, -0.2) is 0 Å². The number of aliphatic carboxylic acids is 2. The number of rotatable bonds is 7. The van der Waals surface area contributed by atoms with Crippen LogP contribution < -0.4 is 0 Å². The maximum atomic E-state index is 11.5. The lowest BCUT2D eigenvalue weighted by molar-refractivity contribution is -0.151. The largest absolute Gasteiger partial charge is 0.480 e. The van der Waals surface area contributed by atoms with Gasteiger partial charge in [-0.3, -0.25) is 19.2 Å². The molecule has 0 aliphatic carbocycles. The van der Waals surface area contributed by atoms with Gasteiger partial charge in [-0.2, -0.15) is 0 Å². The van der Waals surface area contributed by atoms with Gasteiger partial charge in [0.25, 0.3) is 5.91 Å². The van der Waals surface area contributed by atoms with Crippen LogP contribution in [-0.4, -0.2) is 51.3 Å². The van der Waals surface area contributed by atoms with E-state index in [0.29, 0.717) is 19.4 Å². The van der Waals surface area contributed by atoms with E-state index in [1.54, 1.807) is 6.92 Å². The minimum atomic E-state index is -1.56. The number of likely N-dealkylation sites (tertiary alicyclic amines) is 1. The summed E-state index contributed by atoms with van der Waals surface area (Å²) in [6.45, 7) is 2.21. The van der Waals surface area contributed by atoms with E-state index >= 15 is 0 Å². The molecule has 20 heavy (non-hydrogen) atoms. The van der Waals surface area contributed by atoms with Gasteiger partial charge < -0.3 is 15.1 Å². The second kappa shape index (κ2) is 6.83. The number of Topliss-reactive ketones (excluding diaryl/α,β-unsaturated/α-hetero) is 1. The fourth-order valence-corrected chi connectivity index (χ4v) is 2.01. The highest BCUT2D eigenvalue weighted by Crippen LogP contribution is 2.15. The number of amides is 1. The molecule has 1 saturated heterocycles. The van der Waals surface area contributed by atoms with E-state index in [1.165, 1.54) is 11.0 Å². The monoisotopic (exact) mass is 283 g/mol. The van der Waals surface area contributed by atoms with Crippen LogP contribution in [0.4, 0.5) is 0 Å². The highest BCUT2D eigenvalue weighted by atomic mass is 16.4. The fraction of sp³-hybridized carbons (Fsp3) is 0.538. The Morgan fingerprint density at radius 3 is 2.35 bits per heavy atom. The molecule has 1 rings (SSSR count). The third kappa shape index (κ3) is 3.91. The Hall–Kier alpha value is -2.18. The molecule has 1 heterocycles. The Morgan fingerprint density at radius 2 is 1.90 bits per heavy atom. The van der Waals surface area contributed by atoms with Crippen LogP contribution in [0.25, 0.3) is 0 Å². The Balaban J connectivity index is 2.44. The third-order valence-corrected chi connectivity index (χ3v) is 3.22. The molecule has 0 spiro atoms. The van der Waals surface area contributed by atoms with Gasteiger partial charge in [-0.1, -0.05) is 12.2 Å². The maximum absolute atomic E-state index is 11.5. The second-order valence-electron chi connectivity index (χ2n) is 4.68. The molecule has 1 unspecified atom stereocenters. The molecule has 7 heteroatoms. The van der Waals surface area contributed by atoms with Gasteiger partial charge in [0.2, 0.25) is 5.78 Å². The van der Waals surface area contributed by atoms with E-state index in [1.807, 2.05) is 0 Å². The summed E-state index contributed by atoms with van der Waals surface area (Å²) < 4.78 is 0. The Bertz CT molecular complexity index is 442. The van der Waals surface area contributed by atoms with Crippen molar-refractivity contribution in [2.75, 3.05) is 6.54 Å². The van der Waals surface area contributed by atoms with Crippen LogP contribution in [0, 0.1) is 5.92 Å². The zero-order chi connectivity index (χ0) is 15.3. The van der Waals surface area contributed by atoms with Crippen LogP contribution in [0.3, 0.4) is 0 Å². The number of hydrogen-bond donors (Lipinski definition) is 2. The Labute approximate surface area is 115 Å². The first-order valence-electron chi connectivity index (χ1n) is 6.30. The third-order valence-electron chi connectivity index (χ3n) is 3.22. The summed E-state index contributed by atoms with van der Waals surface area (Å²) in [5.74, 6) is -5.25. The minimum absolute atomic E-state index is 0.133. The first-order chi connectivity index (χ1) is 9.34. The molecule has 1 fully saturated rings. The first-order valence-corrected chi connectivity index (χ1v) is 6.30. The average Bonchev–Trinajstić information content (AvgIpc) is 2.68. The highest BCUT2D eigenvalue weighted by Gasteiger charge is 2.32.